The van der Waals surface area contributed by atoms with Crippen molar-refractivity contribution in [3.05, 3.63) is 59.7 Å². The first-order valence-corrected chi connectivity index (χ1v) is 7.96. The van der Waals surface area contributed by atoms with Crippen LogP contribution in [0, 0.1) is 0 Å². The van der Waals surface area contributed by atoms with E-state index in [1.54, 1.807) is 12.1 Å². The summed E-state index contributed by atoms with van der Waals surface area (Å²) in [5.41, 5.74) is 2.73. The van der Waals surface area contributed by atoms with E-state index < -0.39 is 0 Å². The van der Waals surface area contributed by atoms with Crippen LogP contribution in [0.1, 0.15) is 24.0 Å². The first kappa shape index (κ1) is 15.4. The van der Waals surface area contributed by atoms with Gasteiger partial charge in [-0.25, -0.2) is 0 Å². The largest absolute Gasteiger partial charge is 0.494 e. The van der Waals surface area contributed by atoms with Crippen molar-refractivity contribution in [3.8, 4) is 11.5 Å². The Balaban J connectivity index is 1.40. The van der Waals surface area contributed by atoms with E-state index in [9.17, 15) is 4.79 Å². The molecule has 0 aromatic heterocycles. The van der Waals surface area contributed by atoms with Gasteiger partial charge >= 0.3 is 0 Å². The van der Waals surface area contributed by atoms with Crippen molar-refractivity contribution in [2.24, 2.45) is 0 Å². The van der Waals surface area contributed by atoms with Gasteiger partial charge in [0, 0.05) is 12.5 Å². The Morgan fingerprint density at radius 1 is 1.09 bits per heavy atom. The Bertz CT molecular complexity index is 667. The molecule has 0 bridgehead atoms. The minimum absolute atomic E-state index is 0.0301. The van der Waals surface area contributed by atoms with Crippen molar-refractivity contribution >= 4 is 5.91 Å². The summed E-state index contributed by atoms with van der Waals surface area (Å²) in [6.45, 7) is 3.27. The molecule has 0 aliphatic heterocycles. The SMILES string of the molecule is CCOc1ccc(OCC(=O)NC[C@@H]2Cc3ccccc32)cc1. The molecule has 2 aromatic carbocycles. The van der Waals surface area contributed by atoms with E-state index in [0.29, 0.717) is 24.8 Å². The molecule has 1 amide bonds. The van der Waals surface area contributed by atoms with E-state index in [0.717, 1.165) is 12.2 Å². The molecular formula is C19H21NO3. The summed E-state index contributed by atoms with van der Waals surface area (Å²) >= 11 is 0. The van der Waals surface area contributed by atoms with E-state index in [1.165, 1.54) is 11.1 Å². The summed E-state index contributed by atoms with van der Waals surface area (Å²) in [6.07, 6.45) is 1.04. The van der Waals surface area contributed by atoms with Gasteiger partial charge in [0.25, 0.3) is 5.91 Å². The normalized spacial score (nSPS) is 15.3. The number of nitrogens with one attached hydrogen (secondary N) is 1. The molecule has 120 valence electrons. The molecule has 2 aromatic rings. The molecule has 0 saturated carbocycles. The van der Waals surface area contributed by atoms with E-state index in [4.69, 9.17) is 9.47 Å². The molecule has 1 atom stereocenters. The minimum Gasteiger partial charge on any atom is -0.494 e. The van der Waals surface area contributed by atoms with Crippen molar-refractivity contribution in [2.45, 2.75) is 19.3 Å². The van der Waals surface area contributed by atoms with Gasteiger partial charge in [-0.15, -0.1) is 0 Å². The Labute approximate surface area is 136 Å². The first-order chi connectivity index (χ1) is 11.3. The second-order valence-electron chi connectivity index (χ2n) is 5.60. The summed E-state index contributed by atoms with van der Waals surface area (Å²) in [6, 6.07) is 15.7. The van der Waals surface area contributed by atoms with E-state index in [-0.39, 0.29) is 12.5 Å². The topological polar surface area (TPSA) is 47.6 Å². The molecule has 0 fully saturated rings. The van der Waals surface area contributed by atoms with Crippen molar-refractivity contribution in [3.63, 3.8) is 0 Å². The molecule has 0 unspecified atom stereocenters. The van der Waals surface area contributed by atoms with Crippen LogP contribution in [0.2, 0.25) is 0 Å². The van der Waals surface area contributed by atoms with Crippen molar-refractivity contribution in [1.29, 1.82) is 0 Å². The number of carbonyl (C=O) groups excluding carboxylic acids is 1. The molecule has 1 aliphatic rings. The highest BCUT2D eigenvalue weighted by atomic mass is 16.5. The Morgan fingerprint density at radius 3 is 2.48 bits per heavy atom. The standard InChI is InChI=1S/C19H21NO3/c1-2-22-16-7-9-17(10-8-16)23-13-19(21)20-12-15-11-14-5-3-4-6-18(14)15/h3-10,15H,2,11-13H2,1H3,(H,20,21)/t15-/m0/s1. The summed E-state index contributed by atoms with van der Waals surface area (Å²) in [7, 11) is 0. The van der Waals surface area contributed by atoms with Gasteiger partial charge in [0.15, 0.2) is 6.61 Å². The monoisotopic (exact) mass is 311 g/mol. The summed E-state index contributed by atoms with van der Waals surface area (Å²) in [5.74, 6) is 1.80. The summed E-state index contributed by atoms with van der Waals surface area (Å²) < 4.78 is 10.9. The van der Waals surface area contributed by atoms with Crippen LogP contribution in [0.5, 0.6) is 11.5 Å². The number of ether oxygens (including phenoxy) is 2. The lowest BCUT2D eigenvalue weighted by Gasteiger charge is -2.30. The van der Waals surface area contributed by atoms with Gasteiger partial charge in [-0.05, 0) is 48.7 Å². The fraction of sp³-hybridized carbons (Fsp3) is 0.316. The van der Waals surface area contributed by atoms with Gasteiger partial charge in [0.2, 0.25) is 0 Å². The highest BCUT2D eigenvalue weighted by Crippen LogP contribution is 2.33. The van der Waals surface area contributed by atoms with Crippen LogP contribution < -0.4 is 14.8 Å². The zero-order valence-corrected chi connectivity index (χ0v) is 13.2. The number of benzene rings is 2. The second-order valence-corrected chi connectivity index (χ2v) is 5.60. The van der Waals surface area contributed by atoms with Crippen LogP contribution in [0.15, 0.2) is 48.5 Å². The van der Waals surface area contributed by atoms with E-state index >= 15 is 0 Å². The molecule has 1 N–H and O–H groups in total. The zero-order chi connectivity index (χ0) is 16.1. The van der Waals surface area contributed by atoms with E-state index in [2.05, 4.69) is 23.5 Å². The molecule has 3 rings (SSSR count). The Hall–Kier alpha value is -2.49. The maximum absolute atomic E-state index is 11.9. The number of hydrogen-bond acceptors (Lipinski definition) is 3. The average molecular weight is 311 g/mol. The maximum Gasteiger partial charge on any atom is 0.257 e. The molecule has 0 radical (unpaired) electrons. The predicted molar refractivity (Wildman–Crippen MR) is 89.0 cm³/mol. The summed E-state index contributed by atoms with van der Waals surface area (Å²) in [4.78, 5) is 11.9. The van der Waals surface area contributed by atoms with Crippen LogP contribution in [0.3, 0.4) is 0 Å². The van der Waals surface area contributed by atoms with Crippen LogP contribution in [0.25, 0.3) is 0 Å². The van der Waals surface area contributed by atoms with Gasteiger partial charge < -0.3 is 14.8 Å². The molecule has 4 heteroatoms. The molecular weight excluding hydrogens is 290 g/mol. The lowest BCUT2D eigenvalue weighted by molar-refractivity contribution is -0.123. The fourth-order valence-corrected chi connectivity index (χ4v) is 2.78. The number of fused-ring (bicyclic) bond motifs is 1. The van der Waals surface area contributed by atoms with Crippen molar-refractivity contribution in [2.75, 3.05) is 19.8 Å². The number of hydrogen-bond donors (Lipinski definition) is 1. The van der Waals surface area contributed by atoms with Crippen LogP contribution >= 0.6 is 0 Å². The maximum atomic E-state index is 11.9. The zero-order valence-electron chi connectivity index (χ0n) is 13.2. The third-order valence-electron chi connectivity index (χ3n) is 4.01. The molecule has 0 saturated heterocycles. The third kappa shape index (κ3) is 3.83. The summed E-state index contributed by atoms with van der Waals surface area (Å²) in [5, 5.41) is 2.94. The fourth-order valence-electron chi connectivity index (χ4n) is 2.78. The second kappa shape index (κ2) is 7.18. The Kier molecular flexibility index (Phi) is 4.81. The van der Waals surface area contributed by atoms with Crippen molar-refractivity contribution < 1.29 is 14.3 Å². The molecule has 4 nitrogen and oxygen atoms in total. The Morgan fingerprint density at radius 2 is 1.78 bits per heavy atom. The molecule has 1 aliphatic carbocycles. The van der Waals surface area contributed by atoms with Gasteiger partial charge in [-0.2, -0.15) is 0 Å². The smallest absolute Gasteiger partial charge is 0.257 e. The predicted octanol–water partition coefficient (Wildman–Crippen LogP) is 2.92. The lowest BCUT2D eigenvalue weighted by Crippen LogP contribution is -2.35. The van der Waals surface area contributed by atoms with Crippen LogP contribution in [0.4, 0.5) is 0 Å². The van der Waals surface area contributed by atoms with Gasteiger partial charge in [-0.3, -0.25) is 4.79 Å². The van der Waals surface area contributed by atoms with Crippen LogP contribution in [-0.4, -0.2) is 25.7 Å². The number of carbonyl (C=O) groups is 1. The number of rotatable bonds is 7. The first-order valence-electron chi connectivity index (χ1n) is 7.96. The lowest BCUT2D eigenvalue weighted by atomic mass is 9.77. The molecule has 0 heterocycles. The van der Waals surface area contributed by atoms with E-state index in [1.807, 2.05) is 25.1 Å². The van der Waals surface area contributed by atoms with Gasteiger partial charge in [0.05, 0.1) is 6.61 Å². The number of amides is 1. The minimum atomic E-state index is -0.0942. The third-order valence-corrected chi connectivity index (χ3v) is 4.01. The van der Waals surface area contributed by atoms with Gasteiger partial charge in [-0.1, -0.05) is 24.3 Å². The molecule has 0 spiro atoms. The van der Waals surface area contributed by atoms with Crippen molar-refractivity contribution in [1.82, 2.24) is 5.32 Å². The highest BCUT2D eigenvalue weighted by Gasteiger charge is 2.25. The van der Waals surface area contributed by atoms with Crippen LogP contribution in [-0.2, 0) is 11.2 Å². The molecule has 23 heavy (non-hydrogen) atoms. The quantitative estimate of drug-likeness (QED) is 0.855. The average Bonchev–Trinajstić information content (AvgIpc) is 2.55. The van der Waals surface area contributed by atoms with Gasteiger partial charge in [0.1, 0.15) is 11.5 Å². The highest BCUT2D eigenvalue weighted by molar-refractivity contribution is 5.77.